The van der Waals surface area contributed by atoms with Crippen molar-refractivity contribution in [1.82, 2.24) is 19.7 Å². The van der Waals surface area contributed by atoms with Crippen LogP contribution in [0.25, 0.3) is 22.5 Å². The summed E-state index contributed by atoms with van der Waals surface area (Å²) in [5.41, 5.74) is 4.98. The number of fused-ring (bicyclic) bond motifs is 1. The number of ether oxygens (including phenoxy) is 2. The van der Waals surface area contributed by atoms with Crippen LogP contribution in [-0.2, 0) is 0 Å². The highest BCUT2D eigenvalue weighted by Crippen LogP contribution is 2.42. The van der Waals surface area contributed by atoms with Crippen molar-refractivity contribution in [2.45, 2.75) is 26.8 Å². The Hall–Kier alpha value is -3.61. The fourth-order valence-corrected chi connectivity index (χ4v) is 3.63. The van der Waals surface area contributed by atoms with Crippen LogP contribution in [0.15, 0.2) is 53.3 Å². The first-order chi connectivity index (χ1) is 14.1. The molecule has 0 aliphatic carbocycles. The lowest BCUT2D eigenvalue weighted by Crippen LogP contribution is -2.08. The zero-order valence-corrected chi connectivity index (χ0v) is 16.4. The van der Waals surface area contributed by atoms with Crippen molar-refractivity contribution in [1.29, 1.82) is 0 Å². The summed E-state index contributed by atoms with van der Waals surface area (Å²) in [6, 6.07) is 14.0. The normalized spacial score (nSPS) is 13.6. The molecule has 5 rings (SSSR count). The molecule has 0 radical (unpaired) electrons. The summed E-state index contributed by atoms with van der Waals surface area (Å²) in [6.45, 7) is 6.13. The second-order valence-electron chi connectivity index (χ2n) is 7.09. The molecule has 0 saturated carbocycles. The van der Waals surface area contributed by atoms with E-state index < -0.39 is 0 Å². The summed E-state index contributed by atoms with van der Waals surface area (Å²) >= 11 is 0. The molecule has 7 heteroatoms. The molecule has 7 nitrogen and oxygen atoms in total. The zero-order chi connectivity index (χ0) is 20.0. The first-order valence-corrected chi connectivity index (χ1v) is 9.45. The molecule has 1 atom stereocenters. The first kappa shape index (κ1) is 17.5. The lowest BCUT2D eigenvalue weighted by atomic mass is 9.99. The summed E-state index contributed by atoms with van der Waals surface area (Å²) in [5.74, 6) is 2.65. The second kappa shape index (κ2) is 6.77. The number of benzene rings is 2. The van der Waals surface area contributed by atoms with Gasteiger partial charge in [0.05, 0.1) is 17.7 Å². The number of hydrogen-bond acceptors (Lipinski definition) is 6. The third-order valence-electron chi connectivity index (χ3n) is 5.13. The van der Waals surface area contributed by atoms with E-state index in [1.165, 1.54) is 0 Å². The predicted octanol–water partition coefficient (Wildman–Crippen LogP) is 4.55. The highest BCUT2D eigenvalue weighted by atomic mass is 16.7. The van der Waals surface area contributed by atoms with E-state index in [9.17, 15) is 0 Å². The lowest BCUT2D eigenvalue weighted by Gasteiger charge is -2.16. The quantitative estimate of drug-likeness (QED) is 0.510. The van der Waals surface area contributed by atoms with Gasteiger partial charge in [0.1, 0.15) is 6.04 Å². The second-order valence-corrected chi connectivity index (χ2v) is 7.09. The van der Waals surface area contributed by atoms with Gasteiger partial charge in [-0.1, -0.05) is 35.5 Å². The first-order valence-electron chi connectivity index (χ1n) is 9.45. The van der Waals surface area contributed by atoms with E-state index in [2.05, 4.69) is 33.8 Å². The fraction of sp³-hybridized carbons (Fsp3) is 0.227. The number of aromatic nitrogens is 4. The zero-order valence-electron chi connectivity index (χ0n) is 16.4. The van der Waals surface area contributed by atoms with Crippen LogP contribution in [0.1, 0.15) is 30.2 Å². The molecule has 0 N–H and O–H groups in total. The average Bonchev–Trinajstić information content (AvgIpc) is 3.46. The molecule has 0 bridgehead atoms. The molecule has 0 fully saturated rings. The Kier molecular flexibility index (Phi) is 4.08. The lowest BCUT2D eigenvalue weighted by molar-refractivity contribution is 0.174. The van der Waals surface area contributed by atoms with Crippen LogP contribution in [0.5, 0.6) is 11.5 Å². The van der Waals surface area contributed by atoms with E-state index in [0.29, 0.717) is 11.7 Å². The van der Waals surface area contributed by atoms with Gasteiger partial charge in [-0.15, -0.1) is 0 Å². The number of nitrogens with zero attached hydrogens (tertiary/aromatic N) is 4. The van der Waals surface area contributed by atoms with Crippen LogP contribution in [0.2, 0.25) is 0 Å². The van der Waals surface area contributed by atoms with Crippen molar-refractivity contribution in [2.24, 2.45) is 0 Å². The molecule has 2 aromatic heterocycles. The topological polar surface area (TPSA) is 75.2 Å². The van der Waals surface area contributed by atoms with Gasteiger partial charge in [-0.2, -0.15) is 4.98 Å². The molecule has 29 heavy (non-hydrogen) atoms. The molecule has 2 aromatic carbocycles. The maximum absolute atomic E-state index is 5.63. The fourth-order valence-electron chi connectivity index (χ4n) is 3.63. The van der Waals surface area contributed by atoms with Gasteiger partial charge in [-0.3, -0.25) is 0 Å². The molecule has 1 unspecified atom stereocenters. The molecule has 0 saturated heterocycles. The molecule has 1 aliphatic heterocycles. The molecule has 4 aromatic rings. The SMILES string of the molecule is Cc1noc(C(C)n2cnc(-c3ccccc3)c2-c2cc3c(cc2C)OCO3)n1. The van der Waals surface area contributed by atoms with Crippen LogP contribution in [0, 0.1) is 13.8 Å². The van der Waals surface area contributed by atoms with Crippen LogP contribution in [0.4, 0.5) is 0 Å². The Morgan fingerprint density at radius 1 is 1.03 bits per heavy atom. The summed E-state index contributed by atoms with van der Waals surface area (Å²) < 4.78 is 18.7. The predicted molar refractivity (Wildman–Crippen MR) is 107 cm³/mol. The summed E-state index contributed by atoms with van der Waals surface area (Å²) in [5, 5.41) is 3.94. The average molecular weight is 388 g/mol. The van der Waals surface area contributed by atoms with E-state index in [0.717, 1.165) is 39.6 Å². The van der Waals surface area contributed by atoms with Crippen molar-refractivity contribution >= 4 is 0 Å². The van der Waals surface area contributed by atoms with Gasteiger partial charge in [-0.25, -0.2) is 4.98 Å². The van der Waals surface area contributed by atoms with E-state index in [-0.39, 0.29) is 12.8 Å². The molecule has 146 valence electrons. The van der Waals surface area contributed by atoms with Crippen molar-refractivity contribution in [3.05, 3.63) is 66.1 Å². The molecule has 0 spiro atoms. The highest BCUT2D eigenvalue weighted by molar-refractivity contribution is 5.82. The van der Waals surface area contributed by atoms with Gasteiger partial charge in [-0.05, 0) is 38.5 Å². The maximum atomic E-state index is 5.63. The van der Waals surface area contributed by atoms with Crippen LogP contribution in [-0.4, -0.2) is 26.5 Å². The molecular formula is C22H20N4O3. The van der Waals surface area contributed by atoms with Gasteiger partial charge < -0.3 is 18.6 Å². The third kappa shape index (κ3) is 2.95. The third-order valence-corrected chi connectivity index (χ3v) is 5.13. The number of rotatable bonds is 4. The molecule has 1 aliphatic rings. The number of imidazole rings is 1. The van der Waals surface area contributed by atoms with Crippen molar-refractivity contribution in [2.75, 3.05) is 6.79 Å². The van der Waals surface area contributed by atoms with Gasteiger partial charge >= 0.3 is 0 Å². The smallest absolute Gasteiger partial charge is 0.249 e. The summed E-state index contributed by atoms with van der Waals surface area (Å²) in [4.78, 5) is 9.16. The number of hydrogen-bond donors (Lipinski definition) is 0. The van der Waals surface area contributed by atoms with Crippen LogP contribution >= 0.6 is 0 Å². The monoisotopic (exact) mass is 388 g/mol. The Balaban J connectivity index is 1.73. The van der Waals surface area contributed by atoms with Crippen molar-refractivity contribution in [3.8, 4) is 34.0 Å². The number of aryl methyl sites for hydroxylation is 2. The van der Waals surface area contributed by atoms with E-state index in [1.54, 1.807) is 0 Å². The molecular weight excluding hydrogens is 368 g/mol. The standard InChI is InChI=1S/C22H20N4O3/c1-13-9-18-19(28-12-27-18)10-17(13)21-20(16-7-5-4-6-8-16)23-11-26(21)14(2)22-24-15(3)25-29-22/h4-11,14H,12H2,1-3H3. The molecule has 3 heterocycles. The molecule has 0 amide bonds. The van der Waals surface area contributed by atoms with Crippen LogP contribution < -0.4 is 9.47 Å². The highest BCUT2D eigenvalue weighted by Gasteiger charge is 2.25. The largest absolute Gasteiger partial charge is 0.454 e. The van der Waals surface area contributed by atoms with Crippen molar-refractivity contribution < 1.29 is 14.0 Å². The minimum absolute atomic E-state index is 0.180. The van der Waals surface area contributed by atoms with Gasteiger partial charge in [0.2, 0.25) is 12.7 Å². The Labute approximate surface area is 167 Å². The summed E-state index contributed by atoms with van der Waals surface area (Å²) in [7, 11) is 0. The Bertz CT molecular complexity index is 1180. The van der Waals surface area contributed by atoms with Gasteiger partial charge in [0, 0.05) is 11.1 Å². The Morgan fingerprint density at radius 3 is 2.52 bits per heavy atom. The van der Waals surface area contributed by atoms with Crippen LogP contribution in [0.3, 0.4) is 0 Å². The minimum Gasteiger partial charge on any atom is -0.454 e. The summed E-state index contributed by atoms with van der Waals surface area (Å²) in [6.07, 6.45) is 1.83. The maximum Gasteiger partial charge on any atom is 0.249 e. The van der Waals surface area contributed by atoms with Gasteiger partial charge in [0.15, 0.2) is 17.3 Å². The van der Waals surface area contributed by atoms with Gasteiger partial charge in [0.25, 0.3) is 0 Å². The van der Waals surface area contributed by atoms with E-state index in [4.69, 9.17) is 19.0 Å². The van der Waals surface area contributed by atoms with Crippen molar-refractivity contribution in [3.63, 3.8) is 0 Å². The van der Waals surface area contributed by atoms with E-state index in [1.807, 2.05) is 50.5 Å². The Morgan fingerprint density at radius 2 is 1.79 bits per heavy atom. The van der Waals surface area contributed by atoms with E-state index >= 15 is 0 Å². The minimum atomic E-state index is -0.180.